The maximum absolute atomic E-state index is 12.9. The molecule has 8 nitrogen and oxygen atoms in total. The van der Waals surface area contributed by atoms with Gasteiger partial charge in [0.1, 0.15) is 12.2 Å². The van der Waals surface area contributed by atoms with Crippen molar-refractivity contribution in [2.75, 3.05) is 7.05 Å². The molecule has 5 N–H and O–H groups in total. The number of carbonyl (C=O) groups excluding carboxylic acids is 1. The van der Waals surface area contributed by atoms with E-state index in [2.05, 4.69) is 54.6 Å². The van der Waals surface area contributed by atoms with Crippen LogP contribution in [0, 0.1) is 5.92 Å². The van der Waals surface area contributed by atoms with Crippen LogP contribution in [0.5, 0.6) is 0 Å². The number of guanidine groups is 1. The number of hydrazine groups is 2. The number of halogens is 1. The second-order valence-corrected chi connectivity index (χ2v) is 10.5. The van der Waals surface area contributed by atoms with Gasteiger partial charge in [-0.05, 0) is 65.7 Å². The molecule has 166 valence electrons. The van der Waals surface area contributed by atoms with Gasteiger partial charge in [-0.3, -0.25) is 21.0 Å². The first-order chi connectivity index (χ1) is 13.6. The van der Waals surface area contributed by atoms with Gasteiger partial charge in [0, 0.05) is 36.5 Å². The molecule has 0 spiro atoms. The molecule has 1 aliphatic carbocycles. The number of carbonyl (C=O) groups is 1. The second-order valence-electron chi connectivity index (χ2n) is 9.89. The van der Waals surface area contributed by atoms with Crippen molar-refractivity contribution >= 4 is 23.5 Å². The fourth-order valence-corrected chi connectivity index (χ4v) is 4.76. The van der Waals surface area contributed by atoms with Gasteiger partial charge in [0.05, 0.1) is 0 Å². The lowest BCUT2D eigenvalue weighted by atomic mass is 9.83. The molecule has 1 saturated carbocycles. The maximum Gasteiger partial charge on any atom is 0.245 e. The summed E-state index contributed by atoms with van der Waals surface area (Å²) in [6, 6.07) is 0.479. The van der Waals surface area contributed by atoms with Crippen molar-refractivity contribution < 1.29 is 4.79 Å². The molecule has 9 heteroatoms. The van der Waals surface area contributed by atoms with Crippen molar-refractivity contribution in [3.05, 3.63) is 0 Å². The zero-order valence-electron chi connectivity index (χ0n) is 18.4. The van der Waals surface area contributed by atoms with E-state index in [1.807, 2.05) is 12.1 Å². The van der Waals surface area contributed by atoms with Crippen LogP contribution in [0.1, 0.15) is 66.2 Å². The number of hydrogen-bond acceptors (Lipinski definition) is 6. The fourth-order valence-electron chi connectivity index (χ4n) is 4.51. The number of nitrogens with one attached hydrogen (secondary N) is 5. The summed E-state index contributed by atoms with van der Waals surface area (Å²) < 4.78 is 0. The zero-order chi connectivity index (χ0) is 21.2. The number of hydrogen-bond donors (Lipinski definition) is 5. The molecule has 3 rings (SSSR count). The first-order valence-corrected chi connectivity index (χ1v) is 11.4. The number of aliphatic imine (C=N–C) groups is 1. The van der Waals surface area contributed by atoms with Gasteiger partial charge in [0.2, 0.25) is 5.91 Å². The molecule has 3 aliphatic rings. The van der Waals surface area contributed by atoms with Gasteiger partial charge < -0.3 is 5.32 Å². The molecular formula is C20H38ClN7O. The third-order valence-electron chi connectivity index (χ3n) is 5.97. The average Bonchev–Trinajstić information content (AvgIpc) is 3.20. The minimum Gasteiger partial charge on any atom is -0.351 e. The Labute approximate surface area is 179 Å². The quantitative estimate of drug-likeness (QED) is 0.266. The Morgan fingerprint density at radius 1 is 1.14 bits per heavy atom. The van der Waals surface area contributed by atoms with Crippen LogP contribution in [0.4, 0.5) is 0 Å². The molecule has 0 radical (unpaired) electrons. The molecule has 2 saturated heterocycles. The normalized spacial score (nSPS) is 37.0. The minimum absolute atomic E-state index is 0.0391. The molecule has 0 aromatic heterocycles. The summed E-state index contributed by atoms with van der Waals surface area (Å²) in [7, 11) is 1.91. The molecule has 0 aromatic carbocycles. The van der Waals surface area contributed by atoms with Crippen LogP contribution in [0.25, 0.3) is 0 Å². The van der Waals surface area contributed by atoms with Crippen LogP contribution in [0.15, 0.2) is 4.99 Å². The van der Waals surface area contributed by atoms with Crippen molar-refractivity contribution in [1.29, 1.82) is 0 Å². The van der Waals surface area contributed by atoms with E-state index in [0.29, 0.717) is 23.3 Å². The first-order valence-electron chi connectivity index (χ1n) is 10.9. The van der Waals surface area contributed by atoms with E-state index in [1.54, 1.807) is 0 Å². The van der Waals surface area contributed by atoms with Gasteiger partial charge in [0.15, 0.2) is 5.96 Å². The van der Waals surface area contributed by atoms with Crippen molar-refractivity contribution in [1.82, 2.24) is 31.9 Å². The lowest BCUT2D eigenvalue weighted by molar-refractivity contribution is -0.124. The Morgan fingerprint density at radius 2 is 1.83 bits per heavy atom. The molecule has 29 heavy (non-hydrogen) atoms. The van der Waals surface area contributed by atoms with E-state index < -0.39 is 0 Å². The highest BCUT2D eigenvalue weighted by molar-refractivity contribution is 6.20. The van der Waals surface area contributed by atoms with Crippen LogP contribution in [0.3, 0.4) is 0 Å². The average molecular weight is 428 g/mol. The summed E-state index contributed by atoms with van der Waals surface area (Å²) in [6.07, 6.45) is 6.11. The lowest BCUT2D eigenvalue weighted by Gasteiger charge is -2.29. The highest BCUT2D eigenvalue weighted by Gasteiger charge is 2.35. The maximum atomic E-state index is 12.9. The number of rotatable bonds is 3. The van der Waals surface area contributed by atoms with Crippen molar-refractivity contribution in [3.63, 3.8) is 0 Å². The number of amides is 1. The molecule has 1 amide bonds. The Hall–Kier alpha value is -0.930. The Kier molecular flexibility index (Phi) is 7.43. The van der Waals surface area contributed by atoms with Crippen LogP contribution < -0.4 is 26.9 Å². The van der Waals surface area contributed by atoms with E-state index >= 15 is 0 Å². The van der Waals surface area contributed by atoms with Gasteiger partial charge in [-0.25, -0.2) is 15.4 Å². The molecule has 0 aromatic rings. The van der Waals surface area contributed by atoms with Gasteiger partial charge in [0.25, 0.3) is 0 Å². The van der Waals surface area contributed by atoms with Crippen molar-refractivity contribution in [2.24, 2.45) is 10.9 Å². The van der Waals surface area contributed by atoms with Gasteiger partial charge >= 0.3 is 0 Å². The number of nitrogens with zero attached hydrogens (tertiary/aromatic N) is 2. The van der Waals surface area contributed by atoms with E-state index in [0.717, 1.165) is 38.5 Å². The molecule has 4 unspecified atom stereocenters. The summed E-state index contributed by atoms with van der Waals surface area (Å²) >= 11 is 6.25. The minimum atomic E-state index is -0.205. The third-order valence-corrected chi connectivity index (χ3v) is 6.41. The van der Waals surface area contributed by atoms with E-state index in [9.17, 15) is 4.79 Å². The summed E-state index contributed by atoms with van der Waals surface area (Å²) in [5.74, 6) is 1.12. The molecular weight excluding hydrogens is 390 g/mol. The van der Waals surface area contributed by atoms with Crippen molar-refractivity contribution in [3.8, 4) is 0 Å². The first kappa shape index (κ1) is 22.7. The van der Waals surface area contributed by atoms with Gasteiger partial charge in [-0.2, -0.15) is 0 Å². The Balaban J connectivity index is 1.62. The molecule has 2 aliphatic heterocycles. The predicted octanol–water partition coefficient (Wildman–Crippen LogP) is 1.43. The predicted molar refractivity (Wildman–Crippen MR) is 117 cm³/mol. The third kappa shape index (κ3) is 6.52. The largest absolute Gasteiger partial charge is 0.351 e. The Morgan fingerprint density at radius 3 is 2.41 bits per heavy atom. The molecule has 3 fully saturated rings. The summed E-state index contributed by atoms with van der Waals surface area (Å²) in [6.45, 7) is 8.27. The van der Waals surface area contributed by atoms with Gasteiger partial charge in [-0.15, -0.1) is 11.6 Å². The molecule has 4 atom stereocenters. The summed E-state index contributed by atoms with van der Waals surface area (Å²) in [5.41, 5.74) is 9.79. The molecule has 2 heterocycles. The Bertz CT molecular complexity index is 600. The van der Waals surface area contributed by atoms with Crippen LogP contribution in [0.2, 0.25) is 0 Å². The van der Waals surface area contributed by atoms with E-state index in [-0.39, 0.29) is 29.7 Å². The van der Waals surface area contributed by atoms with E-state index in [4.69, 9.17) is 16.6 Å². The van der Waals surface area contributed by atoms with Gasteiger partial charge in [-0.1, -0.05) is 0 Å². The lowest BCUT2D eigenvalue weighted by Crippen LogP contribution is -2.54. The highest BCUT2D eigenvalue weighted by Crippen LogP contribution is 2.32. The van der Waals surface area contributed by atoms with E-state index in [1.165, 1.54) is 0 Å². The SMILES string of the molecule is CC1CC(C(=O)N/C(=N/C2CC(C3CCC(Cl)CC3)NN2)NC(C)(C)C)N(C)N1. The fraction of sp³-hybridized carbons (Fsp3) is 0.900. The highest BCUT2D eigenvalue weighted by atomic mass is 35.5. The zero-order valence-corrected chi connectivity index (χ0v) is 19.1. The van der Waals surface area contributed by atoms with Crippen LogP contribution in [-0.2, 0) is 4.79 Å². The second kappa shape index (κ2) is 9.47. The number of likely N-dealkylation sites (N-methyl/N-ethyl adjacent to an activating group) is 1. The smallest absolute Gasteiger partial charge is 0.245 e. The standard InChI is InChI=1S/C20H38ClN7O/c1-12-10-16(28(5)27-12)18(29)23-19(24-20(2,3)4)22-17-11-15(25-26-17)13-6-8-14(21)9-7-13/h12-17,25-27H,6-11H2,1-5H3,(H2,22,23,24,29). The summed E-state index contributed by atoms with van der Waals surface area (Å²) in [4.78, 5) is 17.7. The topological polar surface area (TPSA) is 92.8 Å². The van der Waals surface area contributed by atoms with Crippen LogP contribution >= 0.6 is 11.6 Å². The van der Waals surface area contributed by atoms with Crippen molar-refractivity contribution in [2.45, 2.75) is 101 Å². The van der Waals surface area contributed by atoms with Crippen LogP contribution in [-0.4, -0.2) is 59.1 Å². The molecule has 0 bridgehead atoms. The summed E-state index contributed by atoms with van der Waals surface area (Å²) in [5, 5.41) is 8.60. The number of alkyl halides is 1. The monoisotopic (exact) mass is 427 g/mol.